The predicted octanol–water partition coefficient (Wildman–Crippen LogP) is 3.31. The fraction of sp³-hybridized carbons (Fsp3) is 0.200. The van der Waals surface area contributed by atoms with E-state index in [4.69, 9.17) is 4.74 Å². The van der Waals surface area contributed by atoms with Gasteiger partial charge in [-0.1, -0.05) is 36.9 Å². The topological polar surface area (TPSA) is 56.2 Å². The number of hydrogen-bond donors (Lipinski definition) is 1. The van der Waals surface area contributed by atoms with E-state index < -0.39 is 0 Å². The predicted molar refractivity (Wildman–Crippen MR) is 98.3 cm³/mol. The number of hydrogen-bond acceptors (Lipinski definition) is 3. The molecule has 0 fully saturated rings. The van der Waals surface area contributed by atoms with Gasteiger partial charge in [0, 0.05) is 6.54 Å². The van der Waals surface area contributed by atoms with E-state index in [2.05, 4.69) is 21.4 Å². The minimum atomic E-state index is -0.203. The Morgan fingerprint density at radius 3 is 2.72 bits per heavy atom. The average molecular weight is 335 g/mol. The van der Waals surface area contributed by atoms with Crippen molar-refractivity contribution < 1.29 is 9.53 Å². The van der Waals surface area contributed by atoms with E-state index in [0.29, 0.717) is 13.2 Å². The summed E-state index contributed by atoms with van der Waals surface area (Å²) in [7, 11) is 0. The molecule has 1 amide bonds. The van der Waals surface area contributed by atoms with Crippen LogP contribution < -0.4 is 10.1 Å². The van der Waals surface area contributed by atoms with Crippen molar-refractivity contribution in [2.45, 2.75) is 19.5 Å². The monoisotopic (exact) mass is 335 g/mol. The molecule has 3 aromatic rings. The highest BCUT2D eigenvalue weighted by molar-refractivity contribution is 5.86. The molecule has 0 unspecified atom stereocenters. The van der Waals surface area contributed by atoms with Gasteiger partial charge in [0.05, 0.1) is 24.2 Å². The Bertz CT molecular complexity index is 856. The highest BCUT2D eigenvalue weighted by Gasteiger charge is 2.10. The van der Waals surface area contributed by atoms with Gasteiger partial charge >= 0.3 is 0 Å². The summed E-state index contributed by atoms with van der Waals surface area (Å²) in [6, 6.07) is 17.7. The molecule has 1 N–H and O–H groups in total. The van der Waals surface area contributed by atoms with Gasteiger partial charge in [0.2, 0.25) is 5.91 Å². The van der Waals surface area contributed by atoms with E-state index in [1.165, 1.54) is 6.08 Å². The average Bonchev–Trinajstić information content (AvgIpc) is 3.01. The van der Waals surface area contributed by atoms with Gasteiger partial charge in [-0.3, -0.25) is 4.79 Å². The zero-order chi connectivity index (χ0) is 17.5. The van der Waals surface area contributed by atoms with Crippen molar-refractivity contribution in [2.75, 3.05) is 6.61 Å². The lowest BCUT2D eigenvalue weighted by atomic mass is 10.3. The molecule has 0 aliphatic carbocycles. The lowest BCUT2D eigenvalue weighted by Gasteiger charge is -2.10. The number of nitrogens with one attached hydrogen (secondary N) is 1. The van der Waals surface area contributed by atoms with Gasteiger partial charge in [0.25, 0.3) is 0 Å². The number of aryl methyl sites for hydroxylation is 1. The molecule has 25 heavy (non-hydrogen) atoms. The number of benzene rings is 2. The van der Waals surface area contributed by atoms with Crippen molar-refractivity contribution in [3.05, 3.63) is 73.1 Å². The van der Waals surface area contributed by atoms with Gasteiger partial charge in [0.1, 0.15) is 11.6 Å². The van der Waals surface area contributed by atoms with Gasteiger partial charge in [0.15, 0.2) is 0 Å². The van der Waals surface area contributed by atoms with Gasteiger partial charge in [-0.05, 0) is 36.8 Å². The summed E-state index contributed by atoms with van der Waals surface area (Å²) < 4.78 is 7.89. The first-order valence-electron chi connectivity index (χ1n) is 8.30. The number of aromatic nitrogens is 2. The molecular formula is C20H21N3O2. The van der Waals surface area contributed by atoms with E-state index in [1.807, 2.05) is 54.6 Å². The van der Waals surface area contributed by atoms with Crippen LogP contribution in [0.5, 0.6) is 5.75 Å². The number of rotatable bonds is 8. The van der Waals surface area contributed by atoms with E-state index in [1.54, 1.807) is 0 Å². The summed E-state index contributed by atoms with van der Waals surface area (Å²) in [4.78, 5) is 16.1. The smallest absolute Gasteiger partial charge is 0.243 e. The molecule has 0 aliphatic rings. The third-order valence-electron chi connectivity index (χ3n) is 3.88. The number of imidazole rings is 1. The molecule has 0 spiro atoms. The van der Waals surface area contributed by atoms with Crippen LogP contribution in [0.2, 0.25) is 0 Å². The third kappa shape index (κ3) is 4.26. The van der Waals surface area contributed by atoms with Gasteiger partial charge < -0.3 is 14.6 Å². The van der Waals surface area contributed by atoms with Crippen LogP contribution >= 0.6 is 0 Å². The Kier molecular flexibility index (Phi) is 5.46. The zero-order valence-corrected chi connectivity index (χ0v) is 14.0. The number of ether oxygens (including phenoxy) is 1. The Morgan fingerprint density at radius 2 is 1.92 bits per heavy atom. The van der Waals surface area contributed by atoms with E-state index in [9.17, 15) is 4.79 Å². The molecule has 2 aromatic carbocycles. The summed E-state index contributed by atoms with van der Waals surface area (Å²) in [5, 5.41) is 2.79. The Balaban J connectivity index is 1.67. The number of para-hydroxylation sites is 3. The molecule has 0 bridgehead atoms. The summed E-state index contributed by atoms with van der Waals surface area (Å²) in [6.07, 6.45) is 2.11. The van der Waals surface area contributed by atoms with Gasteiger partial charge in [-0.15, -0.1) is 0 Å². The number of nitrogens with zero attached hydrogens (tertiary/aromatic N) is 2. The number of fused-ring (bicyclic) bond motifs is 1. The third-order valence-corrected chi connectivity index (χ3v) is 3.88. The molecule has 1 aromatic heterocycles. The minimum Gasteiger partial charge on any atom is -0.494 e. The van der Waals surface area contributed by atoms with E-state index in [-0.39, 0.29) is 5.91 Å². The van der Waals surface area contributed by atoms with Crippen LogP contribution in [0, 0.1) is 0 Å². The molecule has 0 saturated carbocycles. The largest absolute Gasteiger partial charge is 0.494 e. The van der Waals surface area contributed by atoms with Crippen molar-refractivity contribution in [3.63, 3.8) is 0 Å². The summed E-state index contributed by atoms with van der Waals surface area (Å²) in [5.41, 5.74) is 1.99. The maximum absolute atomic E-state index is 11.4. The highest BCUT2D eigenvalue weighted by atomic mass is 16.5. The SMILES string of the molecule is C=CC(=O)NCc1nc2ccccc2n1CCCOc1ccccc1. The van der Waals surface area contributed by atoms with Crippen molar-refractivity contribution >= 4 is 16.9 Å². The Labute approximate surface area is 146 Å². The van der Waals surface area contributed by atoms with Gasteiger partial charge in [-0.25, -0.2) is 4.98 Å². The zero-order valence-electron chi connectivity index (χ0n) is 14.0. The maximum atomic E-state index is 11.4. The normalized spacial score (nSPS) is 10.6. The van der Waals surface area contributed by atoms with Crippen molar-refractivity contribution in [1.29, 1.82) is 0 Å². The molecule has 1 heterocycles. The molecule has 5 nitrogen and oxygen atoms in total. The molecule has 3 rings (SSSR count). The molecule has 0 radical (unpaired) electrons. The first kappa shape index (κ1) is 16.8. The van der Waals surface area contributed by atoms with Crippen LogP contribution in [0.25, 0.3) is 11.0 Å². The molecule has 0 atom stereocenters. The number of amides is 1. The number of carbonyl (C=O) groups is 1. The lowest BCUT2D eigenvalue weighted by Crippen LogP contribution is -2.22. The van der Waals surface area contributed by atoms with Crippen LogP contribution in [0.3, 0.4) is 0 Å². The maximum Gasteiger partial charge on any atom is 0.243 e. The first-order chi connectivity index (χ1) is 12.3. The fourth-order valence-electron chi connectivity index (χ4n) is 2.68. The second-order valence-corrected chi connectivity index (χ2v) is 5.61. The second kappa shape index (κ2) is 8.15. The fourth-order valence-corrected chi connectivity index (χ4v) is 2.68. The lowest BCUT2D eigenvalue weighted by molar-refractivity contribution is -0.116. The quantitative estimate of drug-likeness (QED) is 0.507. The Morgan fingerprint density at radius 1 is 1.16 bits per heavy atom. The summed E-state index contributed by atoms with van der Waals surface area (Å²) in [6.45, 7) is 5.24. The van der Waals surface area contributed by atoms with Crippen LogP contribution in [0.4, 0.5) is 0 Å². The summed E-state index contributed by atoms with van der Waals surface area (Å²) >= 11 is 0. The second-order valence-electron chi connectivity index (χ2n) is 5.61. The number of carbonyl (C=O) groups excluding carboxylic acids is 1. The van der Waals surface area contributed by atoms with Crippen molar-refractivity contribution in [2.24, 2.45) is 0 Å². The molecule has 0 saturated heterocycles. The van der Waals surface area contributed by atoms with Gasteiger partial charge in [-0.2, -0.15) is 0 Å². The minimum absolute atomic E-state index is 0.203. The van der Waals surface area contributed by atoms with E-state index in [0.717, 1.165) is 35.6 Å². The van der Waals surface area contributed by atoms with Crippen LogP contribution in [0.15, 0.2) is 67.3 Å². The molecule has 5 heteroatoms. The molecule has 128 valence electrons. The van der Waals surface area contributed by atoms with Crippen LogP contribution in [-0.4, -0.2) is 22.1 Å². The highest BCUT2D eigenvalue weighted by Crippen LogP contribution is 2.17. The van der Waals surface area contributed by atoms with Crippen LogP contribution in [0.1, 0.15) is 12.2 Å². The van der Waals surface area contributed by atoms with Crippen LogP contribution in [-0.2, 0) is 17.9 Å². The standard InChI is InChI=1S/C20H21N3O2/c1-2-20(24)21-15-19-22-17-11-6-7-12-18(17)23(19)13-8-14-25-16-9-4-3-5-10-16/h2-7,9-12H,1,8,13-15H2,(H,21,24). The van der Waals surface area contributed by atoms with Crippen molar-refractivity contribution in [1.82, 2.24) is 14.9 Å². The first-order valence-corrected chi connectivity index (χ1v) is 8.30. The Hall–Kier alpha value is -3.08. The summed E-state index contributed by atoms with van der Waals surface area (Å²) in [5.74, 6) is 1.50. The molecular weight excluding hydrogens is 314 g/mol. The molecule has 0 aliphatic heterocycles. The van der Waals surface area contributed by atoms with E-state index >= 15 is 0 Å². The van der Waals surface area contributed by atoms with Crippen molar-refractivity contribution in [3.8, 4) is 5.75 Å².